The molecule has 2 heterocycles. The molecule has 2 spiro atoms. The predicted octanol–water partition coefficient (Wildman–Crippen LogP) is 18.7. The van der Waals surface area contributed by atoms with Crippen LogP contribution in [0.5, 0.6) is 0 Å². The van der Waals surface area contributed by atoms with Crippen molar-refractivity contribution in [3.63, 3.8) is 0 Å². The van der Waals surface area contributed by atoms with E-state index in [0.717, 1.165) is 17.1 Å². The fraction of sp³-hybridized carbons (Fsp3) is 0.0667. The minimum atomic E-state index is -0.598. The van der Waals surface area contributed by atoms with Crippen LogP contribution in [0.1, 0.15) is 69.5 Å². The van der Waals surface area contributed by atoms with Gasteiger partial charge in [-0.1, -0.05) is 220 Å². The van der Waals surface area contributed by atoms with Gasteiger partial charge in [-0.25, -0.2) is 0 Å². The molecule has 12 aromatic carbocycles. The van der Waals surface area contributed by atoms with Crippen LogP contribution in [0, 0.1) is 0 Å². The van der Waals surface area contributed by atoms with Crippen LogP contribution in [-0.2, 0) is 16.2 Å². The molecular weight excluding hydrogens is 929 g/mol. The van der Waals surface area contributed by atoms with Crippen molar-refractivity contribution in [3.8, 4) is 50.2 Å². The summed E-state index contributed by atoms with van der Waals surface area (Å²) >= 11 is 0. The second-order valence-corrected chi connectivity index (χ2v) is 22.6. The van der Waals surface area contributed by atoms with Gasteiger partial charge in [0, 0.05) is 33.2 Å². The van der Waals surface area contributed by atoms with Crippen LogP contribution in [0.4, 0.5) is 17.1 Å². The van der Waals surface area contributed by atoms with Gasteiger partial charge in [0.1, 0.15) is 0 Å². The Bertz CT molecular complexity index is 4810. The zero-order chi connectivity index (χ0) is 50.5. The van der Waals surface area contributed by atoms with E-state index in [0.29, 0.717) is 0 Å². The third kappa shape index (κ3) is 4.90. The van der Waals surface area contributed by atoms with Gasteiger partial charge in [-0.3, -0.25) is 0 Å². The average Bonchev–Trinajstić information content (AvgIpc) is 4.29. The summed E-state index contributed by atoms with van der Waals surface area (Å²) in [4.78, 5) is 2.59. The Morgan fingerprint density at radius 2 is 0.753 bits per heavy atom. The van der Waals surface area contributed by atoms with E-state index < -0.39 is 10.8 Å². The Morgan fingerprint density at radius 1 is 0.299 bits per heavy atom. The summed E-state index contributed by atoms with van der Waals surface area (Å²) in [5.74, 6) is 0. The molecule has 0 amide bonds. The highest BCUT2D eigenvalue weighted by Crippen LogP contribution is 2.66. The third-order valence-electron chi connectivity index (χ3n) is 19.0. The molecule has 4 aliphatic carbocycles. The molecule has 77 heavy (non-hydrogen) atoms. The summed E-state index contributed by atoms with van der Waals surface area (Å²) < 4.78 is 2.54. The standard InChI is InChI=1S/C75H48N2/c1-73(2)59-26-10-5-20-50(59)53-38-35-46(42-66(53)73)76(47-36-39-54-51-21-6-11-27-60(51)74(67(54)43-47)62-29-13-8-24-58(62)71-49-19-4-3-18-45(49)34-41-64(71)74)48-37-40-55-52-22-7-12-28-61(52)75(68(55)44-48)63-30-14-16-33-70(63)77-69-32-15-9-23-56(69)57-25-17-31-65(75)72(57)77/h3-44H,1-2H3. The summed E-state index contributed by atoms with van der Waals surface area (Å²) in [5.41, 5.74) is 29.6. The number of rotatable bonds is 3. The van der Waals surface area contributed by atoms with Gasteiger partial charge in [0.15, 0.2) is 0 Å². The first-order valence-electron chi connectivity index (χ1n) is 27.3. The summed E-state index contributed by atoms with van der Waals surface area (Å²) in [6, 6.07) is 97.7. The second kappa shape index (κ2) is 14.5. The molecule has 18 rings (SSSR count). The molecule has 2 heteroatoms. The molecular formula is C75H48N2. The quantitative estimate of drug-likeness (QED) is 0.171. The van der Waals surface area contributed by atoms with E-state index in [4.69, 9.17) is 0 Å². The summed E-state index contributed by atoms with van der Waals surface area (Å²) in [7, 11) is 0. The maximum absolute atomic E-state index is 2.59. The van der Waals surface area contributed by atoms with Crippen LogP contribution in [0.2, 0.25) is 0 Å². The Labute approximate surface area is 447 Å². The highest BCUT2D eigenvalue weighted by atomic mass is 15.1. The van der Waals surface area contributed by atoms with Crippen molar-refractivity contribution in [2.45, 2.75) is 30.1 Å². The fourth-order valence-electron chi connectivity index (χ4n) is 16.0. The number of hydrogen-bond donors (Lipinski definition) is 0. The van der Waals surface area contributed by atoms with Crippen LogP contribution in [0.25, 0.3) is 82.8 Å². The molecule has 2 nitrogen and oxygen atoms in total. The summed E-state index contributed by atoms with van der Waals surface area (Å²) in [5, 5.41) is 5.13. The lowest BCUT2D eigenvalue weighted by Crippen LogP contribution is -2.33. The maximum atomic E-state index is 2.59. The second-order valence-electron chi connectivity index (χ2n) is 22.6. The molecule has 0 radical (unpaired) electrons. The van der Waals surface area contributed by atoms with Crippen molar-refractivity contribution in [2.75, 3.05) is 4.90 Å². The minimum Gasteiger partial charge on any atom is -0.310 e. The minimum absolute atomic E-state index is 0.191. The SMILES string of the molecule is CC1(C)c2ccccc2-c2ccc(N(c3ccc4c(c3)C3(c5ccccc5-4)c4ccccc4-c4c3ccc3ccccc43)c3ccc4c(c3)C3(c5ccccc5-4)c4ccccc4-n4c5ccccc5c5cccc3c54)cc21. The fourth-order valence-corrected chi connectivity index (χ4v) is 16.0. The van der Waals surface area contributed by atoms with Crippen LogP contribution in [0.15, 0.2) is 255 Å². The predicted molar refractivity (Wildman–Crippen MR) is 318 cm³/mol. The molecule has 2 atom stereocenters. The van der Waals surface area contributed by atoms with E-state index in [2.05, 4.69) is 278 Å². The van der Waals surface area contributed by atoms with Crippen LogP contribution in [-0.4, -0.2) is 4.57 Å². The molecule has 2 unspecified atom stereocenters. The Hall–Kier alpha value is -9.50. The summed E-state index contributed by atoms with van der Waals surface area (Å²) in [6.45, 7) is 4.80. The lowest BCUT2D eigenvalue weighted by Gasteiger charge is -2.40. The van der Waals surface area contributed by atoms with Crippen molar-refractivity contribution in [1.29, 1.82) is 0 Å². The van der Waals surface area contributed by atoms with Gasteiger partial charge in [-0.15, -0.1) is 0 Å². The van der Waals surface area contributed by atoms with Crippen molar-refractivity contribution in [1.82, 2.24) is 4.57 Å². The van der Waals surface area contributed by atoms with E-state index in [9.17, 15) is 0 Å². The maximum Gasteiger partial charge on any atom is 0.0755 e. The van der Waals surface area contributed by atoms with E-state index in [1.165, 1.54) is 138 Å². The molecule has 0 bridgehead atoms. The first kappa shape index (κ1) is 41.8. The first-order chi connectivity index (χ1) is 38.0. The number of hydrogen-bond acceptors (Lipinski definition) is 1. The molecule has 1 aromatic heterocycles. The van der Waals surface area contributed by atoms with E-state index >= 15 is 0 Å². The molecule has 0 N–H and O–H groups in total. The van der Waals surface area contributed by atoms with Gasteiger partial charge < -0.3 is 9.47 Å². The Balaban J connectivity index is 0.933. The number of anilines is 3. The number of para-hydroxylation sites is 3. The Morgan fingerprint density at radius 3 is 1.43 bits per heavy atom. The summed E-state index contributed by atoms with van der Waals surface area (Å²) in [6.07, 6.45) is 0. The van der Waals surface area contributed by atoms with E-state index in [-0.39, 0.29) is 5.41 Å². The molecule has 358 valence electrons. The first-order valence-corrected chi connectivity index (χ1v) is 27.3. The van der Waals surface area contributed by atoms with Gasteiger partial charge >= 0.3 is 0 Å². The van der Waals surface area contributed by atoms with Crippen molar-refractivity contribution < 1.29 is 0 Å². The molecule has 1 aliphatic heterocycles. The Kier molecular flexibility index (Phi) is 7.85. The van der Waals surface area contributed by atoms with Crippen molar-refractivity contribution >= 4 is 49.6 Å². The third-order valence-corrected chi connectivity index (χ3v) is 19.0. The van der Waals surface area contributed by atoms with Crippen LogP contribution < -0.4 is 4.90 Å². The number of aromatic nitrogens is 1. The number of benzene rings is 12. The molecule has 0 fully saturated rings. The van der Waals surface area contributed by atoms with Gasteiger partial charge in [0.05, 0.1) is 27.6 Å². The lowest BCUT2D eigenvalue weighted by atomic mass is 9.65. The van der Waals surface area contributed by atoms with E-state index in [1.807, 2.05) is 0 Å². The van der Waals surface area contributed by atoms with Gasteiger partial charge in [0.25, 0.3) is 0 Å². The molecule has 13 aromatic rings. The number of fused-ring (bicyclic) bond motifs is 27. The smallest absolute Gasteiger partial charge is 0.0755 e. The zero-order valence-corrected chi connectivity index (χ0v) is 42.6. The van der Waals surface area contributed by atoms with Gasteiger partial charge in [-0.2, -0.15) is 0 Å². The molecule has 0 saturated heterocycles. The molecule has 0 saturated carbocycles. The normalized spacial score (nSPS) is 17.7. The highest BCUT2D eigenvalue weighted by molar-refractivity contribution is 6.13. The number of nitrogens with zero attached hydrogens (tertiary/aromatic N) is 2. The average molecular weight is 977 g/mol. The topological polar surface area (TPSA) is 8.17 Å². The van der Waals surface area contributed by atoms with Crippen molar-refractivity contribution in [2.24, 2.45) is 0 Å². The van der Waals surface area contributed by atoms with E-state index in [1.54, 1.807) is 0 Å². The molecule has 5 aliphatic rings. The van der Waals surface area contributed by atoms with Crippen LogP contribution in [0.3, 0.4) is 0 Å². The van der Waals surface area contributed by atoms with Gasteiger partial charge in [0.2, 0.25) is 0 Å². The largest absolute Gasteiger partial charge is 0.310 e. The van der Waals surface area contributed by atoms with Crippen molar-refractivity contribution in [3.05, 3.63) is 310 Å². The van der Waals surface area contributed by atoms with Gasteiger partial charge in [-0.05, 0) is 159 Å². The monoisotopic (exact) mass is 976 g/mol. The highest BCUT2D eigenvalue weighted by Gasteiger charge is 2.54. The van der Waals surface area contributed by atoms with Crippen LogP contribution >= 0.6 is 0 Å². The zero-order valence-electron chi connectivity index (χ0n) is 42.6. The lowest BCUT2D eigenvalue weighted by molar-refractivity contribution is 0.660.